The molecule has 0 radical (unpaired) electrons. The van der Waals surface area contributed by atoms with E-state index in [2.05, 4.69) is 28.2 Å². The van der Waals surface area contributed by atoms with Crippen LogP contribution in [0.3, 0.4) is 0 Å². The van der Waals surface area contributed by atoms with Gasteiger partial charge >= 0.3 is 0 Å². The molecule has 0 aliphatic rings. The fourth-order valence-electron chi connectivity index (χ4n) is 1.81. The molecule has 108 valence electrons. The van der Waals surface area contributed by atoms with Gasteiger partial charge in [0.2, 0.25) is 0 Å². The number of rotatable bonds is 6. The van der Waals surface area contributed by atoms with Crippen molar-refractivity contribution in [2.45, 2.75) is 27.0 Å². The molecule has 0 atom stereocenters. The molecular weight excluding hydrogens is 342 g/mol. The normalized spacial score (nSPS) is 10.8. The van der Waals surface area contributed by atoms with Crippen LogP contribution in [-0.2, 0) is 13.2 Å². The Morgan fingerprint density at radius 3 is 2.85 bits per heavy atom. The van der Waals surface area contributed by atoms with Gasteiger partial charge in [0, 0.05) is 10.6 Å². The fourth-order valence-corrected chi connectivity index (χ4v) is 2.61. The van der Waals surface area contributed by atoms with Crippen molar-refractivity contribution in [2.24, 2.45) is 0 Å². The molecule has 0 amide bonds. The van der Waals surface area contributed by atoms with Crippen molar-refractivity contribution in [3.63, 3.8) is 0 Å². The zero-order chi connectivity index (χ0) is 14.5. The number of hydrogen-bond acceptors (Lipinski definition) is 3. The van der Waals surface area contributed by atoms with Crippen LogP contribution in [0.2, 0.25) is 5.02 Å². The molecule has 0 saturated carbocycles. The molecule has 5 heteroatoms. The molecule has 1 heterocycles. The maximum absolute atomic E-state index is 5.90. The Bertz CT molecular complexity index is 583. The molecule has 0 saturated heterocycles. The van der Waals surface area contributed by atoms with Crippen molar-refractivity contribution in [3.8, 4) is 5.75 Å². The lowest BCUT2D eigenvalue weighted by Gasteiger charge is -2.07. The predicted octanol–water partition coefficient (Wildman–Crippen LogP) is 4.69. The predicted molar refractivity (Wildman–Crippen MR) is 84.3 cm³/mol. The Morgan fingerprint density at radius 1 is 1.35 bits per heavy atom. The van der Waals surface area contributed by atoms with Crippen molar-refractivity contribution in [2.75, 3.05) is 6.54 Å². The highest BCUT2D eigenvalue weighted by molar-refractivity contribution is 9.10. The molecule has 0 unspecified atom stereocenters. The third kappa shape index (κ3) is 4.01. The van der Waals surface area contributed by atoms with Crippen LogP contribution in [0.5, 0.6) is 5.75 Å². The Kier molecular flexibility index (Phi) is 5.52. The first-order chi connectivity index (χ1) is 9.60. The summed E-state index contributed by atoms with van der Waals surface area (Å²) < 4.78 is 12.3. The molecule has 20 heavy (non-hydrogen) atoms. The second kappa shape index (κ2) is 7.16. The molecule has 2 rings (SSSR count). The number of hydrogen-bond donors (Lipinski definition) is 1. The molecule has 0 fully saturated rings. The minimum absolute atomic E-state index is 0.474. The Balaban J connectivity index is 2.01. The SMILES string of the molecule is CCNCc1cc(COc2ccc(Cl)cc2Br)c(C)o1. The zero-order valence-corrected chi connectivity index (χ0v) is 13.8. The molecule has 3 nitrogen and oxygen atoms in total. The smallest absolute Gasteiger partial charge is 0.134 e. The zero-order valence-electron chi connectivity index (χ0n) is 11.5. The summed E-state index contributed by atoms with van der Waals surface area (Å²) in [5.74, 6) is 2.59. The Labute approximate surface area is 132 Å². The number of furan rings is 1. The molecule has 0 spiro atoms. The van der Waals surface area contributed by atoms with Crippen molar-refractivity contribution < 1.29 is 9.15 Å². The van der Waals surface area contributed by atoms with Crippen LogP contribution < -0.4 is 10.1 Å². The standard InChI is InChI=1S/C15H17BrClNO2/c1-3-18-8-13-6-11(10(2)20-13)9-19-15-5-4-12(17)7-14(15)16/h4-7,18H,3,8-9H2,1-2H3. The van der Waals surface area contributed by atoms with E-state index in [-0.39, 0.29) is 0 Å². The summed E-state index contributed by atoms with van der Waals surface area (Å²) in [6.45, 7) is 6.15. The molecule has 1 N–H and O–H groups in total. The second-order valence-corrected chi connectivity index (χ2v) is 5.73. The quantitative estimate of drug-likeness (QED) is 0.813. The van der Waals surface area contributed by atoms with E-state index < -0.39 is 0 Å². The van der Waals surface area contributed by atoms with Gasteiger partial charge in [-0.2, -0.15) is 0 Å². The highest BCUT2D eigenvalue weighted by atomic mass is 79.9. The van der Waals surface area contributed by atoms with Gasteiger partial charge < -0.3 is 14.5 Å². The van der Waals surface area contributed by atoms with Gasteiger partial charge in [-0.1, -0.05) is 18.5 Å². The average Bonchev–Trinajstić information content (AvgIpc) is 2.76. The van der Waals surface area contributed by atoms with Crippen molar-refractivity contribution in [3.05, 3.63) is 50.8 Å². The van der Waals surface area contributed by atoms with E-state index in [4.69, 9.17) is 20.8 Å². The van der Waals surface area contributed by atoms with Gasteiger partial charge in [-0.15, -0.1) is 0 Å². The van der Waals surface area contributed by atoms with Gasteiger partial charge in [-0.05, 0) is 53.7 Å². The van der Waals surface area contributed by atoms with Gasteiger partial charge in [0.15, 0.2) is 0 Å². The number of aryl methyl sites for hydroxylation is 1. The fraction of sp³-hybridized carbons (Fsp3) is 0.333. The van der Waals surface area contributed by atoms with Crippen molar-refractivity contribution in [1.29, 1.82) is 0 Å². The van der Waals surface area contributed by atoms with Crippen molar-refractivity contribution in [1.82, 2.24) is 5.32 Å². The molecule has 0 aliphatic carbocycles. The summed E-state index contributed by atoms with van der Waals surface area (Å²) in [5.41, 5.74) is 1.06. The van der Waals surface area contributed by atoms with E-state index >= 15 is 0 Å². The minimum Gasteiger partial charge on any atom is -0.488 e. The number of halogens is 2. The van der Waals surface area contributed by atoms with Crippen LogP contribution in [0.15, 0.2) is 33.2 Å². The lowest BCUT2D eigenvalue weighted by atomic mass is 10.2. The first-order valence-electron chi connectivity index (χ1n) is 6.47. The van der Waals surface area contributed by atoms with Gasteiger partial charge in [0.05, 0.1) is 11.0 Å². The molecular formula is C15H17BrClNO2. The lowest BCUT2D eigenvalue weighted by Crippen LogP contribution is -2.10. The minimum atomic E-state index is 0.474. The molecule has 0 aliphatic heterocycles. The summed E-state index contributed by atoms with van der Waals surface area (Å²) in [6, 6.07) is 7.50. The maximum atomic E-state index is 5.90. The summed E-state index contributed by atoms with van der Waals surface area (Å²) in [6.07, 6.45) is 0. The Morgan fingerprint density at radius 2 is 2.15 bits per heavy atom. The number of ether oxygens (including phenoxy) is 1. The molecule has 1 aromatic heterocycles. The van der Waals surface area contributed by atoms with Crippen LogP contribution in [0.1, 0.15) is 24.0 Å². The largest absolute Gasteiger partial charge is 0.488 e. The van der Waals surface area contributed by atoms with Gasteiger partial charge in [0.1, 0.15) is 23.9 Å². The van der Waals surface area contributed by atoms with Gasteiger partial charge in [0.25, 0.3) is 0 Å². The summed E-state index contributed by atoms with van der Waals surface area (Å²) in [4.78, 5) is 0. The maximum Gasteiger partial charge on any atom is 0.134 e. The van der Waals surface area contributed by atoms with E-state index in [1.165, 1.54) is 0 Å². The molecule has 2 aromatic rings. The molecule has 0 bridgehead atoms. The van der Waals surface area contributed by atoms with E-state index in [0.717, 1.165) is 40.4 Å². The van der Waals surface area contributed by atoms with Crippen LogP contribution in [-0.4, -0.2) is 6.54 Å². The molecule has 1 aromatic carbocycles. The van der Waals surface area contributed by atoms with Gasteiger partial charge in [-0.3, -0.25) is 0 Å². The van der Waals surface area contributed by atoms with Crippen molar-refractivity contribution >= 4 is 27.5 Å². The first kappa shape index (κ1) is 15.4. The van der Waals surface area contributed by atoms with Gasteiger partial charge in [-0.25, -0.2) is 0 Å². The Hall–Kier alpha value is -0.970. The summed E-state index contributed by atoms with van der Waals surface area (Å²) >= 11 is 9.34. The second-order valence-electron chi connectivity index (χ2n) is 4.44. The average molecular weight is 359 g/mol. The van der Waals surface area contributed by atoms with Crippen LogP contribution >= 0.6 is 27.5 Å². The first-order valence-corrected chi connectivity index (χ1v) is 7.64. The third-order valence-electron chi connectivity index (χ3n) is 2.90. The lowest BCUT2D eigenvalue weighted by molar-refractivity contribution is 0.301. The monoisotopic (exact) mass is 357 g/mol. The highest BCUT2D eigenvalue weighted by Crippen LogP contribution is 2.29. The van der Waals surface area contributed by atoms with Crippen LogP contribution in [0.25, 0.3) is 0 Å². The van der Waals surface area contributed by atoms with E-state index in [9.17, 15) is 0 Å². The topological polar surface area (TPSA) is 34.4 Å². The number of benzene rings is 1. The highest BCUT2D eigenvalue weighted by Gasteiger charge is 2.09. The van der Waals surface area contributed by atoms with E-state index in [0.29, 0.717) is 11.6 Å². The summed E-state index contributed by atoms with van der Waals surface area (Å²) in [7, 11) is 0. The number of nitrogens with one attached hydrogen (secondary N) is 1. The summed E-state index contributed by atoms with van der Waals surface area (Å²) in [5, 5.41) is 3.91. The third-order valence-corrected chi connectivity index (χ3v) is 3.75. The van der Waals surface area contributed by atoms with E-state index in [1.54, 1.807) is 6.07 Å². The van der Waals surface area contributed by atoms with Crippen LogP contribution in [0.4, 0.5) is 0 Å². The van der Waals surface area contributed by atoms with Crippen LogP contribution in [0, 0.1) is 6.92 Å². The van der Waals surface area contributed by atoms with E-state index in [1.807, 2.05) is 25.1 Å².